The second kappa shape index (κ2) is 10.9. The summed E-state index contributed by atoms with van der Waals surface area (Å²) in [7, 11) is 3.12. The van der Waals surface area contributed by atoms with E-state index in [2.05, 4.69) is 15.5 Å². The number of rotatable bonds is 10. The van der Waals surface area contributed by atoms with Crippen molar-refractivity contribution >= 4 is 23.4 Å². The molecule has 170 valence electrons. The molecule has 1 heterocycles. The lowest BCUT2D eigenvalue weighted by atomic mass is 10.2. The molecule has 1 N–H and O–H groups in total. The van der Waals surface area contributed by atoms with E-state index in [1.807, 2.05) is 49.6 Å². The van der Waals surface area contributed by atoms with Gasteiger partial charge in [-0.05, 0) is 44.5 Å². The van der Waals surface area contributed by atoms with E-state index in [9.17, 15) is 4.79 Å². The predicted molar refractivity (Wildman–Crippen MR) is 125 cm³/mol. The fourth-order valence-corrected chi connectivity index (χ4v) is 3.96. The molecular formula is C23H28N4O4S. The van der Waals surface area contributed by atoms with Crippen molar-refractivity contribution in [3.63, 3.8) is 0 Å². The molecule has 1 aromatic heterocycles. The van der Waals surface area contributed by atoms with Gasteiger partial charge in [0, 0.05) is 12.6 Å². The van der Waals surface area contributed by atoms with Crippen molar-refractivity contribution in [2.75, 3.05) is 25.3 Å². The first-order valence-corrected chi connectivity index (χ1v) is 11.2. The third-order valence-electron chi connectivity index (χ3n) is 4.84. The van der Waals surface area contributed by atoms with Gasteiger partial charge < -0.3 is 24.1 Å². The molecule has 32 heavy (non-hydrogen) atoms. The van der Waals surface area contributed by atoms with Gasteiger partial charge in [0.05, 0.1) is 25.7 Å². The van der Waals surface area contributed by atoms with E-state index in [1.165, 1.54) is 11.8 Å². The van der Waals surface area contributed by atoms with E-state index in [-0.39, 0.29) is 17.8 Å². The molecule has 0 aliphatic rings. The number of methoxy groups -OCH3 is 2. The summed E-state index contributed by atoms with van der Waals surface area (Å²) in [5.41, 5.74) is 1.64. The van der Waals surface area contributed by atoms with Crippen molar-refractivity contribution in [1.29, 1.82) is 0 Å². The van der Waals surface area contributed by atoms with Gasteiger partial charge in [-0.1, -0.05) is 30.0 Å². The second-order valence-electron chi connectivity index (χ2n) is 7.01. The number of para-hydroxylation sites is 1. The molecule has 0 saturated heterocycles. The highest BCUT2D eigenvalue weighted by atomic mass is 32.2. The largest absolute Gasteiger partial charge is 0.497 e. The highest BCUT2D eigenvalue weighted by Gasteiger charge is 2.20. The zero-order valence-corrected chi connectivity index (χ0v) is 19.7. The van der Waals surface area contributed by atoms with Crippen LogP contribution in [0.4, 0.5) is 5.69 Å². The van der Waals surface area contributed by atoms with Crippen LogP contribution in [0.25, 0.3) is 0 Å². The number of anilines is 1. The highest BCUT2D eigenvalue weighted by molar-refractivity contribution is 7.99. The minimum absolute atomic E-state index is 0.171. The molecule has 0 saturated carbocycles. The Morgan fingerprint density at radius 1 is 1.12 bits per heavy atom. The molecule has 0 radical (unpaired) electrons. The number of aryl methyl sites for hydroxylation is 1. The van der Waals surface area contributed by atoms with Crippen LogP contribution in [0.2, 0.25) is 0 Å². The molecule has 3 aromatic rings. The number of nitrogens with zero attached hydrogens (tertiary/aromatic N) is 3. The molecular weight excluding hydrogens is 428 g/mol. The zero-order valence-electron chi connectivity index (χ0n) is 18.9. The Morgan fingerprint density at radius 2 is 1.91 bits per heavy atom. The molecule has 0 fully saturated rings. The SMILES string of the molecule is CCn1c(SCC(=O)Nc2ccc(OC)cc2OC)nnc1C(C)Oc1ccccc1C. The van der Waals surface area contributed by atoms with Gasteiger partial charge in [-0.3, -0.25) is 4.79 Å². The number of carbonyl (C=O) groups excluding carboxylic acids is 1. The molecule has 3 rings (SSSR count). The van der Waals surface area contributed by atoms with Crippen LogP contribution < -0.4 is 19.5 Å². The minimum atomic E-state index is -0.282. The van der Waals surface area contributed by atoms with E-state index in [0.717, 1.165) is 17.1 Å². The van der Waals surface area contributed by atoms with Crippen LogP contribution in [0, 0.1) is 6.92 Å². The molecule has 0 bridgehead atoms. The van der Waals surface area contributed by atoms with Gasteiger partial charge in [0.2, 0.25) is 5.91 Å². The molecule has 9 heteroatoms. The maximum atomic E-state index is 12.5. The van der Waals surface area contributed by atoms with E-state index >= 15 is 0 Å². The summed E-state index contributed by atoms with van der Waals surface area (Å²) in [5.74, 6) is 2.72. The molecule has 2 aromatic carbocycles. The molecule has 1 amide bonds. The number of hydrogen-bond donors (Lipinski definition) is 1. The van der Waals surface area contributed by atoms with Crippen LogP contribution in [0.5, 0.6) is 17.2 Å². The van der Waals surface area contributed by atoms with Gasteiger partial charge in [0.1, 0.15) is 17.2 Å². The van der Waals surface area contributed by atoms with Crippen molar-refractivity contribution in [3.05, 3.63) is 53.9 Å². The van der Waals surface area contributed by atoms with E-state index in [4.69, 9.17) is 14.2 Å². The molecule has 1 atom stereocenters. The standard InChI is InChI=1S/C23H28N4O4S/c1-6-27-22(16(3)31-19-10-8-7-9-15(19)2)25-26-23(27)32-14-21(28)24-18-12-11-17(29-4)13-20(18)30-5/h7-13,16H,6,14H2,1-5H3,(H,24,28). The average Bonchev–Trinajstić information content (AvgIpc) is 3.22. The quantitative estimate of drug-likeness (QED) is 0.450. The number of benzene rings is 2. The topological polar surface area (TPSA) is 87.5 Å². The summed E-state index contributed by atoms with van der Waals surface area (Å²) in [5, 5.41) is 12.1. The number of ether oxygens (including phenoxy) is 3. The lowest BCUT2D eigenvalue weighted by molar-refractivity contribution is -0.113. The van der Waals surface area contributed by atoms with Gasteiger partial charge in [-0.25, -0.2) is 0 Å². The highest BCUT2D eigenvalue weighted by Crippen LogP contribution is 2.30. The molecule has 0 spiro atoms. The maximum absolute atomic E-state index is 12.5. The monoisotopic (exact) mass is 456 g/mol. The van der Waals surface area contributed by atoms with E-state index in [0.29, 0.717) is 28.9 Å². The zero-order chi connectivity index (χ0) is 23.1. The van der Waals surface area contributed by atoms with Crippen molar-refractivity contribution in [1.82, 2.24) is 14.8 Å². The lowest BCUT2D eigenvalue weighted by Crippen LogP contribution is -2.16. The third kappa shape index (κ3) is 5.53. The summed E-state index contributed by atoms with van der Waals surface area (Å²) in [6.07, 6.45) is -0.282. The number of nitrogens with one attached hydrogen (secondary N) is 1. The first kappa shape index (κ1) is 23.5. The molecule has 8 nitrogen and oxygen atoms in total. The minimum Gasteiger partial charge on any atom is -0.497 e. The summed E-state index contributed by atoms with van der Waals surface area (Å²) >= 11 is 1.32. The molecule has 0 aliphatic carbocycles. The van der Waals surface area contributed by atoms with Gasteiger partial charge in [0.25, 0.3) is 0 Å². The summed E-state index contributed by atoms with van der Waals surface area (Å²) in [6, 6.07) is 13.1. The van der Waals surface area contributed by atoms with Gasteiger partial charge >= 0.3 is 0 Å². The first-order chi connectivity index (χ1) is 15.5. The number of amides is 1. The number of aromatic nitrogens is 3. The van der Waals surface area contributed by atoms with Crippen LogP contribution in [-0.2, 0) is 11.3 Å². The van der Waals surface area contributed by atoms with Crippen molar-refractivity contribution < 1.29 is 19.0 Å². The number of thioether (sulfide) groups is 1. The Labute approximate surface area is 192 Å². The van der Waals surface area contributed by atoms with Crippen LogP contribution in [0.3, 0.4) is 0 Å². The van der Waals surface area contributed by atoms with Gasteiger partial charge in [0.15, 0.2) is 17.1 Å². The normalized spacial score (nSPS) is 11.7. The van der Waals surface area contributed by atoms with Crippen molar-refractivity contribution in [3.8, 4) is 17.2 Å². The maximum Gasteiger partial charge on any atom is 0.234 e. The lowest BCUT2D eigenvalue weighted by Gasteiger charge is -2.17. The Kier molecular flexibility index (Phi) is 7.99. The molecule has 1 unspecified atom stereocenters. The summed E-state index contributed by atoms with van der Waals surface area (Å²) in [4.78, 5) is 12.5. The fourth-order valence-electron chi connectivity index (χ4n) is 3.15. The Hall–Kier alpha value is -3.20. The van der Waals surface area contributed by atoms with Crippen molar-refractivity contribution in [2.45, 2.75) is 38.6 Å². The van der Waals surface area contributed by atoms with Crippen LogP contribution in [0.1, 0.15) is 31.3 Å². The average molecular weight is 457 g/mol. The van der Waals surface area contributed by atoms with E-state index in [1.54, 1.807) is 32.4 Å². The fraction of sp³-hybridized carbons (Fsp3) is 0.348. The molecule has 0 aliphatic heterocycles. The Bertz CT molecular complexity index is 1070. The van der Waals surface area contributed by atoms with Crippen LogP contribution in [-0.4, -0.2) is 40.6 Å². The van der Waals surface area contributed by atoms with Crippen LogP contribution >= 0.6 is 11.8 Å². The van der Waals surface area contributed by atoms with Gasteiger partial charge in [-0.15, -0.1) is 10.2 Å². The number of hydrogen-bond acceptors (Lipinski definition) is 7. The smallest absolute Gasteiger partial charge is 0.234 e. The predicted octanol–water partition coefficient (Wildman–Crippen LogP) is 4.49. The Morgan fingerprint density at radius 3 is 2.59 bits per heavy atom. The summed E-state index contributed by atoms with van der Waals surface area (Å²) in [6.45, 7) is 6.63. The second-order valence-corrected chi connectivity index (χ2v) is 7.96. The third-order valence-corrected chi connectivity index (χ3v) is 5.80. The summed E-state index contributed by atoms with van der Waals surface area (Å²) < 4.78 is 18.6. The Balaban J connectivity index is 1.65. The first-order valence-electron chi connectivity index (χ1n) is 10.3. The van der Waals surface area contributed by atoms with Crippen LogP contribution in [0.15, 0.2) is 47.6 Å². The number of carbonyl (C=O) groups is 1. The van der Waals surface area contributed by atoms with E-state index < -0.39 is 0 Å². The van der Waals surface area contributed by atoms with Gasteiger partial charge in [-0.2, -0.15) is 0 Å². The van der Waals surface area contributed by atoms with Crippen molar-refractivity contribution in [2.24, 2.45) is 0 Å².